The molecule has 2 aliphatic rings. The van der Waals surface area contributed by atoms with Crippen LogP contribution in [-0.4, -0.2) is 62.2 Å². The third-order valence-electron chi connectivity index (χ3n) is 4.17. The SMILES string of the molecule is CCCCOC1=CC(N2CCOCC2)=C(OCCCC)CC1=[N+]=[N-].F[B-](F)(F)F. The van der Waals surface area contributed by atoms with Crippen LogP contribution in [0.15, 0.2) is 23.3 Å². The van der Waals surface area contributed by atoms with Gasteiger partial charge in [-0.05, 0) is 12.8 Å². The minimum Gasteiger partial charge on any atom is -0.495 e. The maximum absolute atomic E-state index is 9.75. The quantitative estimate of drug-likeness (QED) is 0.181. The van der Waals surface area contributed by atoms with E-state index in [4.69, 9.17) is 14.2 Å². The predicted molar refractivity (Wildman–Crippen MR) is 103 cm³/mol. The van der Waals surface area contributed by atoms with Crippen LogP contribution in [0.5, 0.6) is 0 Å². The van der Waals surface area contributed by atoms with Gasteiger partial charge >= 0.3 is 13.0 Å². The number of hydrogen-bond acceptors (Lipinski definition) is 4. The van der Waals surface area contributed by atoms with Gasteiger partial charge in [0.25, 0.3) is 0 Å². The summed E-state index contributed by atoms with van der Waals surface area (Å²) in [6.07, 6.45) is 6.56. The van der Waals surface area contributed by atoms with Crippen LogP contribution in [0.4, 0.5) is 17.3 Å². The van der Waals surface area contributed by atoms with Crippen LogP contribution in [0.25, 0.3) is 5.53 Å². The summed E-state index contributed by atoms with van der Waals surface area (Å²) < 4.78 is 56.3. The van der Waals surface area contributed by atoms with E-state index in [1.807, 2.05) is 6.08 Å². The standard InChI is InChI=1S/C18H29N3O3.BF4/c1-3-5-9-23-17-14-16(21-7-11-22-12-8-21)18(13-15(17)20-19)24-10-6-4-2;2-1(3,4)5/h14H,3-13H2,1-2H3;/q;-1. The number of morpholine rings is 1. The topological polar surface area (TPSA) is 67.3 Å². The third kappa shape index (κ3) is 10.4. The van der Waals surface area contributed by atoms with E-state index in [1.54, 1.807) is 0 Å². The fourth-order valence-corrected chi connectivity index (χ4v) is 2.69. The molecule has 11 heteroatoms. The Morgan fingerprint density at radius 2 is 1.62 bits per heavy atom. The molecule has 2 rings (SSSR count). The summed E-state index contributed by atoms with van der Waals surface area (Å²) >= 11 is 0. The normalized spacial score (nSPS) is 17.2. The van der Waals surface area contributed by atoms with Crippen molar-refractivity contribution in [3.8, 4) is 0 Å². The first-order valence-electron chi connectivity index (χ1n) is 9.91. The van der Waals surface area contributed by atoms with E-state index in [9.17, 15) is 22.8 Å². The average Bonchev–Trinajstić information content (AvgIpc) is 2.68. The van der Waals surface area contributed by atoms with Crippen LogP contribution in [0, 0.1) is 0 Å². The lowest BCUT2D eigenvalue weighted by Crippen LogP contribution is -2.37. The van der Waals surface area contributed by atoms with Gasteiger partial charge in [0, 0.05) is 19.2 Å². The minimum atomic E-state index is -6.00. The molecule has 0 saturated carbocycles. The molecular formula is C18H29BF4N3O3-. The number of nitrogens with zero attached hydrogens (tertiary/aromatic N) is 3. The molecule has 0 radical (unpaired) electrons. The van der Waals surface area contributed by atoms with Gasteiger partial charge in [-0.15, -0.1) is 0 Å². The molecule has 0 aromatic heterocycles. The van der Waals surface area contributed by atoms with Gasteiger partial charge in [0.2, 0.25) is 5.76 Å². The van der Waals surface area contributed by atoms with Crippen LogP contribution in [0.2, 0.25) is 0 Å². The van der Waals surface area contributed by atoms with Gasteiger partial charge in [-0.2, -0.15) is 4.79 Å². The fourth-order valence-electron chi connectivity index (χ4n) is 2.69. The second kappa shape index (κ2) is 13.3. The molecule has 0 unspecified atom stereocenters. The molecule has 1 fully saturated rings. The zero-order valence-corrected chi connectivity index (χ0v) is 17.0. The second-order valence-corrected chi connectivity index (χ2v) is 6.54. The Kier molecular flexibility index (Phi) is 11.5. The monoisotopic (exact) mass is 422 g/mol. The summed E-state index contributed by atoms with van der Waals surface area (Å²) in [5.74, 6) is 1.51. The van der Waals surface area contributed by atoms with E-state index in [2.05, 4.69) is 23.5 Å². The molecule has 1 aliphatic carbocycles. The largest absolute Gasteiger partial charge is 0.673 e. The second-order valence-electron chi connectivity index (χ2n) is 6.54. The molecule has 6 nitrogen and oxygen atoms in total. The van der Waals surface area contributed by atoms with E-state index in [1.165, 1.54) is 0 Å². The molecule has 1 aliphatic heterocycles. The number of hydrogen-bond donors (Lipinski definition) is 0. The summed E-state index contributed by atoms with van der Waals surface area (Å²) in [5.41, 5.74) is 10.9. The lowest BCUT2D eigenvalue weighted by molar-refractivity contribution is -0.0145. The molecular weight excluding hydrogens is 393 g/mol. The summed E-state index contributed by atoms with van der Waals surface area (Å²) in [7, 11) is -6.00. The summed E-state index contributed by atoms with van der Waals surface area (Å²) in [4.78, 5) is 5.70. The van der Waals surface area contributed by atoms with Crippen molar-refractivity contribution in [1.82, 2.24) is 4.90 Å². The summed E-state index contributed by atoms with van der Waals surface area (Å²) in [6.45, 7) is 8.67. The number of allylic oxidation sites excluding steroid dienone is 3. The Bertz CT molecular complexity index is 608. The number of rotatable bonds is 9. The van der Waals surface area contributed by atoms with Crippen molar-refractivity contribution >= 4 is 13.0 Å². The first kappa shape index (κ1) is 25.0. The van der Waals surface area contributed by atoms with E-state index in [-0.39, 0.29) is 0 Å². The molecule has 1 heterocycles. The highest BCUT2D eigenvalue weighted by Gasteiger charge is 2.31. The molecule has 0 bridgehead atoms. The van der Waals surface area contributed by atoms with Crippen molar-refractivity contribution in [2.75, 3.05) is 39.5 Å². The Morgan fingerprint density at radius 1 is 1.07 bits per heavy atom. The van der Waals surface area contributed by atoms with Crippen LogP contribution in [0.1, 0.15) is 46.0 Å². The predicted octanol–water partition coefficient (Wildman–Crippen LogP) is 4.42. The molecule has 0 aromatic rings. The maximum Gasteiger partial charge on any atom is 0.673 e. The van der Waals surface area contributed by atoms with E-state index in [0.29, 0.717) is 44.3 Å². The number of ether oxygens (including phenoxy) is 3. The van der Waals surface area contributed by atoms with Gasteiger partial charge in [-0.3, -0.25) is 0 Å². The zero-order valence-electron chi connectivity index (χ0n) is 17.0. The number of halogens is 4. The summed E-state index contributed by atoms with van der Waals surface area (Å²) in [5, 5.41) is 0. The number of unbranched alkanes of at least 4 members (excludes halogenated alkanes) is 2. The van der Waals surface area contributed by atoms with Crippen molar-refractivity contribution in [3.63, 3.8) is 0 Å². The van der Waals surface area contributed by atoms with E-state index in [0.717, 1.165) is 50.2 Å². The first-order valence-corrected chi connectivity index (χ1v) is 9.91. The highest BCUT2D eigenvalue weighted by molar-refractivity contribution is 6.50. The minimum absolute atomic E-state index is 0.463. The van der Waals surface area contributed by atoms with Gasteiger partial charge in [-0.1, -0.05) is 26.7 Å². The Morgan fingerprint density at radius 3 is 2.14 bits per heavy atom. The smallest absolute Gasteiger partial charge is 0.495 e. The van der Waals surface area contributed by atoms with Crippen molar-refractivity contribution in [2.45, 2.75) is 46.0 Å². The molecule has 0 amide bonds. The van der Waals surface area contributed by atoms with Gasteiger partial charge < -0.3 is 41.9 Å². The molecule has 0 atom stereocenters. The lowest BCUT2D eigenvalue weighted by Gasteiger charge is -2.32. The molecule has 166 valence electrons. The van der Waals surface area contributed by atoms with Crippen molar-refractivity contribution in [2.24, 2.45) is 0 Å². The van der Waals surface area contributed by atoms with Crippen molar-refractivity contribution in [1.29, 1.82) is 0 Å². The molecule has 0 N–H and O–H groups in total. The molecule has 1 saturated heterocycles. The maximum atomic E-state index is 9.75. The third-order valence-corrected chi connectivity index (χ3v) is 4.17. The molecule has 29 heavy (non-hydrogen) atoms. The van der Waals surface area contributed by atoms with Gasteiger partial charge in [0.1, 0.15) is 12.2 Å². The van der Waals surface area contributed by atoms with Crippen molar-refractivity contribution < 1.29 is 36.3 Å². The zero-order chi connectivity index (χ0) is 21.7. The fraction of sp³-hybridized carbons (Fsp3) is 0.722. The van der Waals surface area contributed by atoms with Crippen LogP contribution >= 0.6 is 0 Å². The average molecular weight is 422 g/mol. The Labute approximate surface area is 169 Å². The van der Waals surface area contributed by atoms with Gasteiger partial charge in [0.15, 0.2) is 0 Å². The van der Waals surface area contributed by atoms with E-state index < -0.39 is 7.25 Å². The first-order chi connectivity index (χ1) is 13.8. The summed E-state index contributed by atoms with van der Waals surface area (Å²) in [6, 6.07) is 0. The van der Waals surface area contributed by atoms with Crippen molar-refractivity contribution in [3.05, 3.63) is 28.8 Å². The van der Waals surface area contributed by atoms with Gasteiger partial charge in [0.05, 0.1) is 32.1 Å². The highest BCUT2D eigenvalue weighted by Crippen LogP contribution is 2.27. The Hall–Kier alpha value is -2.00. The highest BCUT2D eigenvalue weighted by atomic mass is 19.5. The van der Waals surface area contributed by atoms with E-state index >= 15 is 0 Å². The molecule has 0 spiro atoms. The van der Waals surface area contributed by atoms with Crippen LogP contribution in [-0.2, 0) is 14.2 Å². The van der Waals surface area contributed by atoms with Crippen LogP contribution < -0.4 is 0 Å². The lowest BCUT2D eigenvalue weighted by atomic mass is 10.0. The molecule has 0 aromatic carbocycles. The van der Waals surface area contributed by atoms with Gasteiger partial charge in [-0.25, -0.2) is 0 Å². The van der Waals surface area contributed by atoms with Crippen LogP contribution in [0.3, 0.4) is 0 Å². The Balaban J connectivity index is 0.000000749.